The highest BCUT2D eigenvalue weighted by atomic mass is 19.2. The number of aryl methyl sites for hydroxylation is 1. The summed E-state index contributed by atoms with van der Waals surface area (Å²) in [5.41, 5.74) is 3.16. The number of phenolic OH excluding ortho intramolecular Hbond substituents is 2. The van der Waals surface area contributed by atoms with Crippen molar-refractivity contribution < 1.29 is 89.9 Å². The predicted octanol–water partition coefficient (Wildman–Crippen LogP) is 13.2. The van der Waals surface area contributed by atoms with Crippen LogP contribution in [0.1, 0.15) is 101 Å². The zero-order chi connectivity index (χ0) is 75.9. The number of phenols is 2. The van der Waals surface area contributed by atoms with Gasteiger partial charge in [-0.05, 0) is 226 Å². The first kappa shape index (κ1) is 76.8. The first-order chi connectivity index (χ1) is 51.9. The zero-order valence-electron chi connectivity index (χ0n) is 59.7. The lowest BCUT2D eigenvalue weighted by atomic mass is 10.0. The number of benzene rings is 6. The van der Waals surface area contributed by atoms with Crippen molar-refractivity contribution in [2.24, 2.45) is 47.3 Å². The molecule has 4 aliphatic heterocycles. The maximum Gasteiger partial charge on any atom is 0.195 e. The first-order valence-corrected chi connectivity index (χ1v) is 36.9. The van der Waals surface area contributed by atoms with Crippen LogP contribution >= 0.6 is 0 Å². The average molecular weight is 1500 g/mol. The third kappa shape index (κ3) is 19.4. The lowest BCUT2D eigenvalue weighted by Gasteiger charge is -2.22. The van der Waals surface area contributed by atoms with E-state index in [4.69, 9.17) is 18.9 Å². The van der Waals surface area contributed by atoms with Crippen molar-refractivity contribution in [1.29, 1.82) is 0 Å². The molecule has 6 aromatic carbocycles. The fourth-order valence-corrected chi connectivity index (χ4v) is 17.2. The highest BCUT2D eigenvalue weighted by Gasteiger charge is 2.47. The van der Waals surface area contributed by atoms with E-state index in [1.54, 1.807) is 48.5 Å². The minimum atomic E-state index is -0.680. The number of aromatic nitrogens is 2. The van der Waals surface area contributed by atoms with Gasteiger partial charge in [-0.25, -0.2) is 35.7 Å². The van der Waals surface area contributed by atoms with Crippen molar-refractivity contribution in [3.8, 4) is 46.0 Å². The number of β-amino-alcohol motifs (C(OH)–C–C–N with tert-alkyl or cyclic N) is 2. The molecule has 0 amide bonds. The van der Waals surface area contributed by atoms with E-state index < -0.39 is 47.1 Å². The van der Waals surface area contributed by atoms with Gasteiger partial charge in [0.2, 0.25) is 0 Å². The molecule has 6 N–H and O–H groups in total. The second-order valence-electron chi connectivity index (χ2n) is 30.2. The number of hydrogen-bond donors (Lipinski definition) is 6. The van der Waals surface area contributed by atoms with Gasteiger partial charge in [0.25, 0.3) is 0 Å². The molecule has 4 aliphatic carbocycles. The van der Waals surface area contributed by atoms with Crippen LogP contribution in [0.4, 0.5) is 30.7 Å². The number of aromatic hydroxyl groups is 4. The second kappa shape index (κ2) is 34.5. The summed E-state index contributed by atoms with van der Waals surface area (Å²) in [4.78, 5) is 41.4. The Kier molecular flexibility index (Phi) is 24.5. The SMILES string of the molecule is Cc1ccc(OC2C[C@@H]3CN(CC(O)c4ccc(O)cn4)C[C@@H]3C2)c(F)c1.O=C(CN1C[C@H]2CC(Oc3c(F)cccc3F)C[C@H]2C1)c1ccc(O)cc1.O=C(CN1C[C@H]2CC(Oc3c(F)cccc3F)C[C@H]2C1)c1ccc(O)cn1.Oc1ccc(C(O)CN2C[C@H]3CC(Oc4c(F)cccc4F)C[C@H]3C2)cc1. The number of carbonyl (C=O) groups excluding carboxylic acids is 2. The zero-order valence-corrected chi connectivity index (χ0v) is 59.7. The highest BCUT2D eigenvalue weighted by molar-refractivity contribution is 5.97. The molecule has 8 fully saturated rings. The van der Waals surface area contributed by atoms with E-state index in [0.717, 1.165) is 115 Å². The molecule has 0 bridgehead atoms. The minimum Gasteiger partial charge on any atom is -0.508 e. The van der Waals surface area contributed by atoms with Crippen molar-refractivity contribution in [3.05, 3.63) is 227 Å². The number of nitrogens with zero attached hydrogens (tertiary/aromatic N) is 6. The Hall–Kier alpha value is -9.37. The van der Waals surface area contributed by atoms with Gasteiger partial charge >= 0.3 is 0 Å². The van der Waals surface area contributed by atoms with Gasteiger partial charge in [0.15, 0.2) is 75.3 Å². The van der Waals surface area contributed by atoms with E-state index >= 15 is 0 Å². The van der Waals surface area contributed by atoms with Crippen LogP contribution in [0.15, 0.2) is 158 Å². The number of carbonyl (C=O) groups is 2. The lowest BCUT2D eigenvalue weighted by molar-refractivity contribution is 0.0924. The number of fused-ring (bicyclic) bond motifs is 4. The Morgan fingerprint density at radius 2 is 0.750 bits per heavy atom. The summed E-state index contributed by atoms with van der Waals surface area (Å²) >= 11 is 0. The molecule has 4 saturated heterocycles. The predicted molar refractivity (Wildman–Crippen MR) is 385 cm³/mol. The third-order valence-electron chi connectivity index (χ3n) is 22.3. The van der Waals surface area contributed by atoms with E-state index in [-0.39, 0.29) is 88.6 Å². The smallest absolute Gasteiger partial charge is 0.195 e. The topological polar surface area (TPSA) is 231 Å². The number of ether oxygens (including phenoxy) is 4. The molecule has 25 heteroatoms. The summed E-state index contributed by atoms with van der Waals surface area (Å²) in [5.74, 6) is -1.15. The molecular weight excluding hydrogens is 1410 g/mol. The first-order valence-electron chi connectivity index (χ1n) is 36.9. The monoisotopic (exact) mass is 1490 g/mol. The van der Waals surface area contributed by atoms with Crippen molar-refractivity contribution >= 4 is 11.6 Å². The lowest BCUT2D eigenvalue weighted by Crippen LogP contribution is -2.30. The number of ketones is 2. The molecule has 18 nitrogen and oxygen atoms in total. The summed E-state index contributed by atoms with van der Waals surface area (Å²) in [6, 6.07) is 35.3. The molecule has 8 aliphatic rings. The molecule has 4 saturated carbocycles. The van der Waals surface area contributed by atoms with Gasteiger partial charge in [0.05, 0.1) is 61.7 Å². The normalized spacial score (nSPS) is 25.4. The van der Waals surface area contributed by atoms with Crippen molar-refractivity contribution in [1.82, 2.24) is 29.6 Å². The van der Waals surface area contributed by atoms with Gasteiger partial charge in [-0.1, -0.05) is 36.4 Å². The molecule has 16 rings (SSSR count). The van der Waals surface area contributed by atoms with E-state index in [2.05, 4.69) is 29.6 Å². The average Bonchev–Trinajstić information content (AvgIpc) is 1.67. The van der Waals surface area contributed by atoms with Crippen LogP contribution in [-0.2, 0) is 0 Å². The van der Waals surface area contributed by atoms with Crippen LogP contribution in [0.5, 0.6) is 46.0 Å². The quantitative estimate of drug-likeness (QED) is 0.0308. The molecule has 14 atom stereocenters. The highest BCUT2D eigenvalue weighted by Crippen LogP contribution is 2.45. The van der Waals surface area contributed by atoms with Crippen molar-refractivity contribution in [3.63, 3.8) is 0 Å². The standard InChI is InChI=1S/C21H23F2NO3.C21H21F2NO3.C21H25FN2O3.C20H20F2N2O3/c2*22-18-2-1-3-19(23)21(18)27-17-8-14-10-24(11-15(14)9-17)12-20(26)13-4-6-16(25)7-5-13;1-13-2-5-21(18(22)6-13)27-17-7-14-10-24(11-15(14)8-17)12-20(26)19-4-3-16(25)9-23-19;21-16-2-1-3-17(22)20(16)27-15-6-12-9-24(10-13(12)7-15)11-19(26)18-5-4-14(25)8-23-18/h1-7,14-15,17,20,25-26H,8-12H2;1-7,14-15,17,25H,8-12H2;2-6,9,14-15,17,20,25-26H,7-8,10-12H2,1H3;1-5,8,12-13,15,25H,6-7,9-11H2/t14-,15+,17?,20?;14-,15+,17?;14-,15+,17?,20?;12-,13+,15?. The molecule has 572 valence electrons. The van der Waals surface area contributed by atoms with E-state index in [1.807, 2.05) is 13.0 Å². The number of aliphatic hydroxyl groups excluding tert-OH is 2. The number of para-hydroxylation sites is 3. The van der Waals surface area contributed by atoms with Crippen molar-refractivity contribution in [2.45, 2.75) is 94.9 Å². The van der Waals surface area contributed by atoms with Gasteiger partial charge in [-0.2, -0.15) is 0 Å². The minimum absolute atomic E-state index is 0.0243. The molecule has 6 heterocycles. The van der Waals surface area contributed by atoms with Gasteiger partial charge < -0.3 is 49.6 Å². The molecule has 2 aromatic heterocycles. The van der Waals surface area contributed by atoms with Gasteiger partial charge in [-0.3, -0.25) is 34.2 Å². The number of likely N-dealkylation sites (tertiary alicyclic amines) is 4. The fourth-order valence-electron chi connectivity index (χ4n) is 17.2. The third-order valence-corrected chi connectivity index (χ3v) is 22.3. The van der Waals surface area contributed by atoms with Gasteiger partial charge in [0, 0.05) is 71.0 Å². The van der Waals surface area contributed by atoms with Crippen LogP contribution in [0.2, 0.25) is 0 Å². The number of hydrogen-bond acceptors (Lipinski definition) is 18. The Bertz CT molecular complexity index is 4130. The Morgan fingerprint density at radius 1 is 0.398 bits per heavy atom. The van der Waals surface area contributed by atoms with Crippen LogP contribution in [0, 0.1) is 95.0 Å². The Balaban J connectivity index is 0.000000127. The number of pyridine rings is 2. The van der Waals surface area contributed by atoms with Crippen LogP contribution in [0.3, 0.4) is 0 Å². The van der Waals surface area contributed by atoms with Crippen LogP contribution < -0.4 is 18.9 Å². The molecule has 0 spiro atoms. The van der Waals surface area contributed by atoms with Crippen LogP contribution in [-0.4, -0.2) is 175 Å². The summed E-state index contributed by atoms with van der Waals surface area (Å²) in [7, 11) is 0. The number of Topliss-reactive ketones (excluding diaryl/α,β-unsaturated/α-hetero) is 2. The number of halogens is 7. The Labute approximate surface area is 621 Å². The number of aliphatic hydroxyl groups is 2. The molecule has 8 aromatic rings. The fraction of sp³-hybridized carbons (Fsp3) is 0.422. The maximum atomic E-state index is 14.0. The van der Waals surface area contributed by atoms with Crippen molar-refractivity contribution in [2.75, 3.05) is 78.5 Å². The summed E-state index contributed by atoms with van der Waals surface area (Å²) in [5, 5.41) is 58.0. The maximum absolute atomic E-state index is 14.0. The molecular formula is C83H89F7N6O12. The largest absolute Gasteiger partial charge is 0.508 e. The van der Waals surface area contributed by atoms with E-state index in [0.29, 0.717) is 89.7 Å². The second-order valence-corrected chi connectivity index (χ2v) is 30.2. The molecule has 0 radical (unpaired) electrons. The van der Waals surface area contributed by atoms with Crippen LogP contribution in [0.25, 0.3) is 0 Å². The van der Waals surface area contributed by atoms with E-state index in [9.17, 15) is 71.0 Å². The van der Waals surface area contributed by atoms with Gasteiger partial charge in [-0.15, -0.1) is 0 Å². The summed E-state index contributed by atoms with van der Waals surface area (Å²) in [6.07, 6.45) is 7.12. The van der Waals surface area contributed by atoms with Gasteiger partial charge in [0.1, 0.15) is 34.8 Å². The summed E-state index contributed by atoms with van der Waals surface area (Å²) < 4.78 is 119. The van der Waals surface area contributed by atoms with E-state index in [1.165, 1.54) is 103 Å². The molecule has 108 heavy (non-hydrogen) atoms. The summed E-state index contributed by atoms with van der Waals surface area (Å²) in [6.45, 7) is 10.1. The number of rotatable bonds is 20. The Morgan fingerprint density at radius 3 is 1.13 bits per heavy atom. The molecule has 6 unspecified atom stereocenters.